The van der Waals surface area contributed by atoms with Crippen molar-refractivity contribution in [3.63, 3.8) is 0 Å². The number of carbonyl (C=O) groups is 2. The maximum atomic E-state index is 13.2. The molecule has 2 N–H and O–H groups in total. The van der Waals surface area contributed by atoms with Crippen molar-refractivity contribution in [3.8, 4) is 16.9 Å². The maximum Gasteiger partial charge on any atom is 0.345 e. The standard InChI is InChI=1S/C29H18Cl3N3O3/c30-19-14-22(32)26-23(15-19)34-27(25(26)17-8-2-1-3-9-17)28(36)35-33-16-18-10-4-7-13-24(18)38-29(37)20-11-5-6-12-21(20)31/h1-16,34H,(H,35,36). The highest BCUT2D eigenvalue weighted by molar-refractivity contribution is 6.40. The highest BCUT2D eigenvalue weighted by atomic mass is 35.5. The molecule has 0 atom stereocenters. The first-order chi connectivity index (χ1) is 18.4. The Morgan fingerprint density at radius 2 is 1.55 bits per heavy atom. The number of hydrogen-bond acceptors (Lipinski definition) is 4. The SMILES string of the molecule is O=C(Oc1ccccc1C=NNC(=O)c1[nH]c2cc(Cl)cc(Cl)c2c1-c1ccccc1)c1ccccc1Cl. The Bertz CT molecular complexity index is 1700. The van der Waals surface area contributed by atoms with E-state index in [-0.39, 0.29) is 22.0 Å². The topological polar surface area (TPSA) is 83.5 Å². The Kier molecular flexibility index (Phi) is 7.47. The Morgan fingerprint density at radius 1 is 0.842 bits per heavy atom. The monoisotopic (exact) mass is 561 g/mol. The van der Waals surface area contributed by atoms with Gasteiger partial charge in [-0.3, -0.25) is 4.79 Å². The van der Waals surface area contributed by atoms with E-state index in [4.69, 9.17) is 39.5 Å². The molecular formula is C29H18Cl3N3O3. The predicted octanol–water partition coefficient (Wildman–Crippen LogP) is 7.78. The van der Waals surface area contributed by atoms with E-state index < -0.39 is 11.9 Å². The summed E-state index contributed by atoms with van der Waals surface area (Å²) >= 11 is 18.8. The lowest BCUT2D eigenvalue weighted by Crippen LogP contribution is -2.19. The van der Waals surface area contributed by atoms with E-state index in [2.05, 4.69) is 15.5 Å². The lowest BCUT2D eigenvalue weighted by atomic mass is 10.0. The molecule has 1 heterocycles. The molecule has 6 nitrogen and oxygen atoms in total. The van der Waals surface area contributed by atoms with Gasteiger partial charge in [0.05, 0.1) is 21.8 Å². The lowest BCUT2D eigenvalue weighted by molar-refractivity contribution is 0.0734. The number of nitrogens with one attached hydrogen (secondary N) is 2. The summed E-state index contributed by atoms with van der Waals surface area (Å²) in [5.74, 6) is -0.844. The minimum atomic E-state index is -0.610. The molecule has 188 valence electrons. The van der Waals surface area contributed by atoms with Gasteiger partial charge in [0.1, 0.15) is 11.4 Å². The van der Waals surface area contributed by atoms with Crippen molar-refractivity contribution in [3.05, 3.63) is 123 Å². The van der Waals surface area contributed by atoms with Crippen LogP contribution in [0.1, 0.15) is 26.4 Å². The maximum absolute atomic E-state index is 13.2. The summed E-state index contributed by atoms with van der Waals surface area (Å²) in [6, 6.07) is 26.1. The van der Waals surface area contributed by atoms with Crippen LogP contribution in [0, 0.1) is 0 Å². The van der Waals surface area contributed by atoms with E-state index in [0.29, 0.717) is 32.1 Å². The van der Waals surface area contributed by atoms with Crippen molar-refractivity contribution >= 4 is 63.8 Å². The molecule has 38 heavy (non-hydrogen) atoms. The zero-order valence-corrected chi connectivity index (χ0v) is 21.8. The summed E-state index contributed by atoms with van der Waals surface area (Å²) in [7, 11) is 0. The quantitative estimate of drug-likeness (QED) is 0.0959. The van der Waals surface area contributed by atoms with Crippen LogP contribution in [0.25, 0.3) is 22.0 Å². The zero-order chi connectivity index (χ0) is 26.6. The number of benzene rings is 4. The van der Waals surface area contributed by atoms with E-state index in [1.165, 1.54) is 6.21 Å². The number of aromatic nitrogens is 1. The van der Waals surface area contributed by atoms with Crippen molar-refractivity contribution in [1.82, 2.24) is 10.4 Å². The van der Waals surface area contributed by atoms with E-state index >= 15 is 0 Å². The van der Waals surface area contributed by atoms with Crippen LogP contribution in [0.3, 0.4) is 0 Å². The van der Waals surface area contributed by atoms with Gasteiger partial charge in [-0.1, -0.05) is 89.4 Å². The van der Waals surface area contributed by atoms with Crippen molar-refractivity contribution in [2.75, 3.05) is 0 Å². The molecule has 0 fully saturated rings. The van der Waals surface area contributed by atoms with Crippen molar-refractivity contribution < 1.29 is 14.3 Å². The van der Waals surface area contributed by atoms with Crippen LogP contribution in [0.15, 0.2) is 96.1 Å². The molecule has 0 aliphatic rings. The zero-order valence-electron chi connectivity index (χ0n) is 19.5. The molecule has 1 amide bonds. The summed E-state index contributed by atoms with van der Waals surface area (Å²) in [4.78, 5) is 29.0. The average molecular weight is 563 g/mol. The number of nitrogens with zero attached hydrogens (tertiary/aromatic N) is 1. The third-order valence-corrected chi connectivity index (χ3v) is 6.54. The molecule has 0 spiro atoms. The number of hydrazone groups is 1. The van der Waals surface area contributed by atoms with Crippen LogP contribution in [0.2, 0.25) is 15.1 Å². The number of ether oxygens (including phenoxy) is 1. The van der Waals surface area contributed by atoms with E-state index in [0.717, 1.165) is 5.56 Å². The van der Waals surface area contributed by atoms with Gasteiger partial charge in [-0.2, -0.15) is 5.10 Å². The predicted molar refractivity (Wildman–Crippen MR) is 152 cm³/mol. The molecule has 0 unspecified atom stereocenters. The molecule has 0 saturated carbocycles. The average Bonchev–Trinajstić information content (AvgIpc) is 3.30. The van der Waals surface area contributed by atoms with Crippen LogP contribution in [0.4, 0.5) is 0 Å². The Hall–Kier alpha value is -4.10. The molecule has 5 rings (SSSR count). The Morgan fingerprint density at radius 3 is 2.34 bits per heavy atom. The molecule has 0 radical (unpaired) electrons. The number of carbonyl (C=O) groups excluding carboxylic acids is 2. The number of para-hydroxylation sites is 1. The Balaban J connectivity index is 1.42. The highest BCUT2D eigenvalue weighted by Gasteiger charge is 2.21. The van der Waals surface area contributed by atoms with E-state index in [1.807, 2.05) is 30.3 Å². The van der Waals surface area contributed by atoms with Gasteiger partial charge >= 0.3 is 5.97 Å². The van der Waals surface area contributed by atoms with Crippen molar-refractivity contribution in [1.29, 1.82) is 0 Å². The first-order valence-electron chi connectivity index (χ1n) is 11.4. The number of halogens is 3. The first kappa shape index (κ1) is 25.5. The van der Waals surface area contributed by atoms with Gasteiger partial charge in [-0.05, 0) is 42.0 Å². The molecule has 5 aromatic rings. The summed E-state index contributed by atoms with van der Waals surface area (Å²) < 4.78 is 5.54. The molecule has 0 bridgehead atoms. The summed E-state index contributed by atoms with van der Waals surface area (Å²) in [6.07, 6.45) is 1.39. The van der Waals surface area contributed by atoms with Gasteiger partial charge in [0.25, 0.3) is 5.91 Å². The number of hydrogen-bond donors (Lipinski definition) is 2. The van der Waals surface area contributed by atoms with Gasteiger partial charge in [0, 0.05) is 27.1 Å². The number of rotatable bonds is 6. The summed E-state index contributed by atoms with van der Waals surface area (Å²) in [5.41, 5.74) is 5.56. The minimum absolute atomic E-state index is 0.236. The number of esters is 1. The van der Waals surface area contributed by atoms with Gasteiger partial charge in [0.2, 0.25) is 0 Å². The molecule has 9 heteroatoms. The minimum Gasteiger partial charge on any atom is -0.422 e. The molecule has 0 saturated heterocycles. The lowest BCUT2D eigenvalue weighted by Gasteiger charge is -2.08. The molecule has 1 aromatic heterocycles. The largest absolute Gasteiger partial charge is 0.422 e. The van der Waals surface area contributed by atoms with Crippen LogP contribution >= 0.6 is 34.8 Å². The van der Waals surface area contributed by atoms with E-state index in [1.54, 1.807) is 60.7 Å². The third kappa shape index (κ3) is 5.29. The second-order valence-corrected chi connectivity index (χ2v) is 9.41. The Labute approximate surface area is 232 Å². The molecular weight excluding hydrogens is 545 g/mol. The number of fused-ring (bicyclic) bond motifs is 1. The molecule has 0 aliphatic carbocycles. The van der Waals surface area contributed by atoms with Crippen molar-refractivity contribution in [2.45, 2.75) is 0 Å². The second-order valence-electron chi connectivity index (χ2n) is 8.16. The summed E-state index contributed by atoms with van der Waals surface area (Å²) in [5, 5.41) is 5.91. The van der Waals surface area contributed by atoms with Crippen LogP contribution in [-0.2, 0) is 0 Å². The fraction of sp³-hybridized carbons (Fsp3) is 0. The normalized spacial score (nSPS) is 11.1. The number of amides is 1. The number of aromatic amines is 1. The van der Waals surface area contributed by atoms with Crippen LogP contribution in [0.5, 0.6) is 5.75 Å². The van der Waals surface area contributed by atoms with Crippen LogP contribution in [-0.4, -0.2) is 23.1 Å². The third-order valence-electron chi connectivity index (χ3n) is 5.69. The second kappa shape index (κ2) is 11.1. The highest BCUT2D eigenvalue weighted by Crippen LogP contribution is 2.38. The summed E-state index contributed by atoms with van der Waals surface area (Å²) in [6.45, 7) is 0. The molecule has 4 aromatic carbocycles. The van der Waals surface area contributed by atoms with Gasteiger partial charge in [-0.15, -0.1) is 0 Å². The fourth-order valence-electron chi connectivity index (χ4n) is 3.99. The number of H-pyrrole nitrogens is 1. The smallest absolute Gasteiger partial charge is 0.345 e. The first-order valence-corrected chi connectivity index (χ1v) is 12.5. The fourth-order valence-corrected chi connectivity index (χ4v) is 4.79. The molecule has 0 aliphatic heterocycles. The van der Waals surface area contributed by atoms with Crippen LogP contribution < -0.4 is 10.2 Å². The van der Waals surface area contributed by atoms with Crippen molar-refractivity contribution in [2.24, 2.45) is 5.10 Å². The van der Waals surface area contributed by atoms with E-state index in [9.17, 15) is 9.59 Å². The van der Waals surface area contributed by atoms with Gasteiger partial charge in [0.15, 0.2) is 0 Å². The van der Waals surface area contributed by atoms with Gasteiger partial charge in [-0.25, -0.2) is 10.2 Å². The van der Waals surface area contributed by atoms with Gasteiger partial charge < -0.3 is 9.72 Å².